The number of halogens is 2. The molecule has 0 bridgehead atoms. The summed E-state index contributed by atoms with van der Waals surface area (Å²) in [6.07, 6.45) is 3.97. The molecule has 0 fully saturated rings. The first-order chi connectivity index (χ1) is 6.27. The monoisotopic (exact) mass is 255 g/mol. The molecule has 0 aliphatic rings. The van der Waals surface area contributed by atoms with E-state index in [0.717, 1.165) is 15.2 Å². The van der Waals surface area contributed by atoms with E-state index in [2.05, 4.69) is 15.9 Å². The standard InChI is InChI=1S/C10H7BrClN/c11-9-4-3-8(12)7-10(9)13-5-1-2-6-13/h1-7H. The third kappa shape index (κ3) is 1.79. The van der Waals surface area contributed by atoms with Crippen molar-refractivity contribution >= 4 is 27.5 Å². The quantitative estimate of drug-likeness (QED) is 0.729. The molecule has 2 aromatic rings. The number of hydrogen-bond acceptors (Lipinski definition) is 0. The summed E-state index contributed by atoms with van der Waals surface area (Å²) < 4.78 is 3.05. The topological polar surface area (TPSA) is 4.93 Å². The second-order valence-electron chi connectivity index (χ2n) is 2.69. The van der Waals surface area contributed by atoms with Crippen LogP contribution >= 0.6 is 27.5 Å². The lowest BCUT2D eigenvalue weighted by Gasteiger charge is -2.05. The summed E-state index contributed by atoms with van der Waals surface area (Å²) in [5, 5.41) is 0.743. The van der Waals surface area contributed by atoms with Crippen molar-refractivity contribution in [3.8, 4) is 5.69 Å². The summed E-state index contributed by atoms with van der Waals surface area (Å²) in [4.78, 5) is 0. The van der Waals surface area contributed by atoms with Crippen LogP contribution in [0.4, 0.5) is 0 Å². The van der Waals surface area contributed by atoms with Crippen LogP contribution in [-0.2, 0) is 0 Å². The van der Waals surface area contributed by atoms with Gasteiger partial charge in [0.05, 0.1) is 5.69 Å². The molecule has 0 atom stereocenters. The van der Waals surface area contributed by atoms with E-state index < -0.39 is 0 Å². The lowest BCUT2D eigenvalue weighted by molar-refractivity contribution is 1.07. The first-order valence-corrected chi connectivity index (χ1v) is 5.03. The van der Waals surface area contributed by atoms with Gasteiger partial charge in [0.15, 0.2) is 0 Å². The summed E-state index contributed by atoms with van der Waals surface area (Å²) >= 11 is 9.37. The first-order valence-electron chi connectivity index (χ1n) is 3.86. The predicted octanol–water partition coefficient (Wildman–Crippen LogP) is 3.89. The maximum Gasteiger partial charge on any atom is 0.0606 e. The van der Waals surface area contributed by atoms with E-state index in [1.807, 2.05) is 47.3 Å². The third-order valence-corrected chi connectivity index (χ3v) is 2.70. The highest BCUT2D eigenvalue weighted by Gasteiger charge is 2.01. The fourth-order valence-electron chi connectivity index (χ4n) is 1.18. The van der Waals surface area contributed by atoms with Crippen molar-refractivity contribution in [2.45, 2.75) is 0 Å². The highest BCUT2D eigenvalue weighted by molar-refractivity contribution is 9.10. The fraction of sp³-hybridized carbons (Fsp3) is 0. The largest absolute Gasteiger partial charge is 0.323 e. The van der Waals surface area contributed by atoms with Crippen LogP contribution in [-0.4, -0.2) is 4.57 Å². The predicted molar refractivity (Wildman–Crippen MR) is 58.5 cm³/mol. The molecule has 13 heavy (non-hydrogen) atoms. The Labute approximate surface area is 90.1 Å². The van der Waals surface area contributed by atoms with Gasteiger partial charge in [0.1, 0.15) is 0 Å². The van der Waals surface area contributed by atoms with Gasteiger partial charge in [-0.3, -0.25) is 0 Å². The Morgan fingerprint density at radius 2 is 1.85 bits per heavy atom. The van der Waals surface area contributed by atoms with Crippen LogP contribution in [0.2, 0.25) is 5.02 Å². The minimum Gasteiger partial charge on any atom is -0.323 e. The SMILES string of the molecule is Clc1ccc(Br)c(-n2cccc2)c1. The summed E-state index contributed by atoms with van der Waals surface area (Å²) in [5.74, 6) is 0. The van der Waals surface area contributed by atoms with Gasteiger partial charge < -0.3 is 4.57 Å². The molecule has 0 N–H and O–H groups in total. The zero-order chi connectivity index (χ0) is 9.26. The third-order valence-electron chi connectivity index (χ3n) is 1.79. The van der Waals surface area contributed by atoms with Crippen LogP contribution in [0, 0.1) is 0 Å². The molecule has 0 unspecified atom stereocenters. The highest BCUT2D eigenvalue weighted by atomic mass is 79.9. The van der Waals surface area contributed by atoms with Crippen LogP contribution in [0.1, 0.15) is 0 Å². The lowest BCUT2D eigenvalue weighted by atomic mass is 10.3. The molecule has 1 aromatic heterocycles. The van der Waals surface area contributed by atoms with Crippen molar-refractivity contribution in [3.05, 3.63) is 52.2 Å². The zero-order valence-electron chi connectivity index (χ0n) is 6.74. The van der Waals surface area contributed by atoms with E-state index in [9.17, 15) is 0 Å². The summed E-state index contributed by atoms with van der Waals surface area (Å²) in [7, 11) is 0. The van der Waals surface area contributed by atoms with Gasteiger partial charge >= 0.3 is 0 Å². The van der Waals surface area contributed by atoms with Gasteiger partial charge in [-0.2, -0.15) is 0 Å². The van der Waals surface area contributed by atoms with Gasteiger partial charge in [-0.1, -0.05) is 11.6 Å². The van der Waals surface area contributed by atoms with Gasteiger partial charge in [-0.15, -0.1) is 0 Å². The molecule has 1 nitrogen and oxygen atoms in total. The average molecular weight is 257 g/mol. The number of hydrogen-bond donors (Lipinski definition) is 0. The van der Waals surface area contributed by atoms with Crippen molar-refractivity contribution < 1.29 is 0 Å². The zero-order valence-corrected chi connectivity index (χ0v) is 9.09. The van der Waals surface area contributed by atoms with Crippen molar-refractivity contribution in [1.29, 1.82) is 0 Å². The van der Waals surface area contributed by atoms with Gasteiger partial charge in [0.25, 0.3) is 0 Å². The van der Waals surface area contributed by atoms with E-state index in [4.69, 9.17) is 11.6 Å². The van der Waals surface area contributed by atoms with Gasteiger partial charge in [0.2, 0.25) is 0 Å². The first kappa shape index (κ1) is 8.85. The molecule has 0 spiro atoms. The Morgan fingerprint density at radius 1 is 1.15 bits per heavy atom. The molecule has 0 aliphatic carbocycles. The van der Waals surface area contributed by atoms with E-state index in [1.165, 1.54) is 0 Å². The molecule has 1 aromatic carbocycles. The molecule has 0 saturated carbocycles. The van der Waals surface area contributed by atoms with Crippen LogP contribution < -0.4 is 0 Å². The van der Waals surface area contributed by atoms with E-state index >= 15 is 0 Å². The molecule has 0 aliphatic heterocycles. The van der Waals surface area contributed by atoms with Crippen molar-refractivity contribution in [1.82, 2.24) is 4.57 Å². The Kier molecular flexibility index (Phi) is 2.42. The maximum atomic E-state index is 5.90. The number of rotatable bonds is 1. The summed E-state index contributed by atoms with van der Waals surface area (Å²) in [6, 6.07) is 9.68. The Balaban J connectivity index is 2.57. The highest BCUT2D eigenvalue weighted by Crippen LogP contribution is 2.24. The molecule has 66 valence electrons. The van der Waals surface area contributed by atoms with E-state index in [-0.39, 0.29) is 0 Å². The Hall–Kier alpha value is -0.730. The molecule has 0 amide bonds. The van der Waals surface area contributed by atoms with Gasteiger partial charge in [0, 0.05) is 21.9 Å². The molecule has 2 rings (SSSR count). The fourth-order valence-corrected chi connectivity index (χ4v) is 1.80. The summed E-state index contributed by atoms with van der Waals surface area (Å²) in [5.41, 5.74) is 1.05. The molecular weight excluding hydrogens is 249 g/mol. The minimum absolute atomic E-state index is 0.743. The van der Waals surface area contributed by atoms with Crippen molar-refractivity contribution in [2.24, 2.45) is 0 Å². The van der Waals surface area contributed by atoms with Crippen molar-refractivity contribution in [2.75, 3.05) is 0 Å². The number of benzene rings is 1. The van der Waals surface area contributed by atoms with E-state index in [1.54, 1.807) is 0 Å². The van der Waals surface area contributed by atoms with E-state index in [0.29, 0.717) is 0 Å². The smallest absolute Gasteiger partial charge is 0.0606 e. The van der Waals surface area contributed by atoms with Crippen LogP contribution in [0.25, 0.3) is 5.69 Å². The van der Waals surface area contributed by atoms with Crippen LogP contribution in [0.3, 0.4) is 0 Å². The van der Waals surface area contributed by atoms with Crippen LogP contribution in [0.15, 0.2) is 47.2 Å². The molecule has 3 heteroatoms. The number of aromatic nitrogens is 1. The molecule has 0 saturated heterocycles. The van der Waals surface area contributed by atoms with Gasteiger partial charge in [-0.05, 0) is 46.3 Å². The Morgan fingerprint density at radius 3 is 2.54 bits per heavy atom. The van der Waals surface area contributed by atoms with Crippen molar-refractivity contribution in [3.63, 3.8) is 0 Å². The molecule has 0 radical (unpaired) electrons. The average Bonchev–Trinajstić information content (AvgIpc) is 2.61. The summed E-state index contributed by atoms with van der Waals surface area (Å²) in [6.45, 7) is 0. The second kappa shape index (κ2) is 3.56. The second-order valence-corrected chi connectivity index (χ2v) is 3.98. The minimum atomic E-state index is 0.743. The Bertz CT molecular complexity index is 409. The van der Waals surface area contributed by atoms with Gasteiger partial charge in [-0.25, -0.2) is 0 Å². The number of nitrogens with zero attached hydrogens (tertiary/aromatic N) is 1. The van der Waals surface area contributed by atoms with Crippen LogP contribution in [0.5, 0.6) is 0 Å². The molecule has 1 heterocycles. The molecular formula is C10H7BrClN. The normalized spacial score (nSPS) is 10.3. The lowest BCUT2D eigenvalue weighted by Crippen LogP contribution is -1.90. The maximum absolute atomic E-state index is 5.90.